The molecule has 7 nitrogen and oxygen atoms in total. The molecule has 0 aliphatic rings. The van der Waals surface area contributed by atoms with Crippen molar-refractivity contribution in [1.29, 1.82) is 0 Å². The first kappa shape index (κ1) is 19.7. The first-order valence-electron chi connectivity index (χ1n) is 8.45. The van der Waals surface area contributed by atoms with Gasteiger partial charge in [-0.05, 0) is 55.5 Å². The molecule has 0 saturated heterocycles. The van der Waals surface area contributed by atoms with Crippen LogP contribution >= 0.6 is 0 Å². The molecular weight excluding hydrogens is 380 g/mol. The molecule has 3 rings (SSSR count). The van der Waals surface area contributed by atoms with Gasteiger partial charge in [-0.15, -0.1) is 0 Å². The topological polar surface area (TPSA) is 99.7 Å². The number of H-pyrrole nitrogens is 1. The summed E-state index contributed by atoms with van der Waals surface area (Å²) in [4.78, 5) is 14.4. The van der Waals surface area contributed by atoms with Crippen molar-refractivity contribution < 1.29 is 18.3 Å². The molecule has 146 valence electrons. The minimum atomic E-state index is -3.87. The van der Waals surface area contributed by atoms with Gasteiger partial charge in [0.1, 0.15) is 11.5 Å². The van der Waals surface area contributed by atoms with Crippen LogP contribution in [0.15, 0.2) is 71.7 Å². The predicted octanol–water partition coefficient (Wildman–Crippen LogP) is 2.93. The van der Waals surface area contributed by atoms with Gasteiger partial charge in [-0.2, -0.15) is 0 Å². The molecule has 0 spiro atoms. The Labute approximate surface area is 162 Å². The van der Waals surface area contributed by atoms with E-state index in [1.807, 2.05) is 31.2 Å². The van der Waals surface area contributed by atoms with Crippen molar-refractivity contribution >= 4 is 15.7 Å². The Bertz CT molecular complexity index is 1110. The number of ether oxygens (including phenoxy) is 1. The largest absolute Gasteiger partial charge is 0.457 e. The van der Waals surface area contributed by atoms with Gasteiger partial charge in [-0.3, -0.25) is 4.79 Å². The van der Waals surface area contributed by atoms with E-state index in [1.165, 1.54) is 30.5 Å². The molecule has 8 heteroatoms. The summed E-state index contributed by atoms with van der Waals surface area (Å²) < 4.78 is 31.1. The zero-order valence-corrected chi connectivity index (χ0v) is 16.2. The molecule has 3 aromatic rings. The average molecular weight is 400 g/mol. The lowest BCUT2D eigenvalue weighted by Gasteiger charge is -2.27. The number of hydrogen-bond acceptors (Lipinski definition) is 5. The molecule has 28 heavy (non-hydrogen) atoms. The lowest BCUT2D eigenvalue weighted by molar-refractivity contribution is 0.188. The number of pyridine rings is 1. The first-order chi connectivity index (χ1) is 13.3. The second kappa shape index (κ2) is 7.87. The molecule has 0 radical (unpaired) electrons. The minimum absolute atomic E-state index is 0.0760. The Morgan fingerprint density at radius 3 is 2.11 bits per heavy atom. The number of aryl methyl sites for hydroxylation is 1. The summed E-state index contributed by atoms with van der Waals surface area (Å²) in [7, 11) is -3.87. The van der Waals surface area contributed by atoms with Crippen LogP contribution in [0.1, 0.15) is 17.4 Å². The van der Waals surface area contributed by atoms with Crippen molar-refractivity contribution in [2.45, 2.75) is 13.2 Å². The molecule has 0 aliphatic carbocycles. The molecule has 1 heterocycles. The van der Waals surface area contributed by atoms with Crippen LogP contribution in [0.25, 0.3) is 0 Å². The van der Waals surface area contributed by atoms with Crippen LogP contribution in [-0.4, -0.2) is 24.8 Å². The Morgan fingerprint density at radius 1 is 1.00 bits per heavy atom. The van der Waals surface area contributed by atoms with Crippen molar-refractivity contribution in [1.82, 2.24) is 4.98 Å². The standard InChI is InChI=1S/C20H20N2O5S/c1-14-5-9-16(10-6-14)27-17-11-7-15(8-12-17)22(28(2,25)26)20(24)18-4-3-13-21-19(18)23/h3-13,20,24H,1-2H3,(H,21,23). The van der Waals surface area contributed by atoms with E-state index >= 15 is 0 Å². The molecule has 0 bridgehead atoms. The highest BCUT2D eigenvalue weighted by Gasteiger charge is 2.28. The second-order valence-electron chi connectivity index (χ2n) is 6.30. The quantitative estimate of drug-likeness (QED) is 0.620. The van der Waals surface area contributed by atoms with Crippen LogP contribution in [0.4, 0.5) is 5.69 Å². The number of nitrogens with one attached hydrogen (secondary N) is 1. The maximum Gasteiger partial charge on any atom is 0.255 e. The SMILES string of the molecule is Cc1ccc(Oc2ccc(N(C(O)c3ccc[nH]c3=O)S(C)(=O)=O)cc2)cc1. The molecule has 0 aliphatic heterocycles. The zero-order valence-electron chi connectivity index (χ0n) is 15.4. The third kappa shape index (κ3) is 4.41. The number of hydrogen-bond donors (Lipinski definition) is 2. The van der Waals surface area contributed by atoms with E-state index in [0.717, 1.165) is 16.1 Å². The number of benzene rings is 2. The molecule has 2 N–H and O–H groups in total. The zero-order chi connectivity index (χ0) is 20.3. The molecule has 1 atom stereocenters. The summed E-state index contributed by atoms with van der Waals surface area (Å²) in [5.74, 6) is 1.15. The Hall–Kier alpha value is -3.10. The lowest BCUT2D eigenvalue weighted by Crippen LogP contribution is -2.36. The van der Waals surface area contributed by atoms with E-state index in [0.29, 0.717) is 11.5 Å². The fraction of sp³-hybridized carbons (Fsp3) is 0.150. The Kier molecular flexibility index (Phi) is 5.53. The highest BCUT2D eigenvalue weighted by atomic mass is 32.2. The average Bonchev–Trinajstić information content (AvgIpc) is 2.64. The number of anilines is 1. The van der Waals surface area contributed by atoms with Crippen LogP contribution in [-0.2, 0) is 10.0 Å². The van der Waals surface area contributed by atoms with Gasteiger partial charge in [0.25, 0.3) is 5.56 Å². The fourth-order valence-corrected chi connectivity index (χ4v) is 3.66. The minimum Gasteiger partial charge on any atom is -0.457 e. The summed E-state index contributed by atoms with van der Waals surface area (Å²) in [5.41, 5.74) is 0.668. The van der Waals surface area contributed by atoms with E-state index < -0.39 is 21.8 Å². The predicted molar refractivity (Wildman–Crippen MR) is 107 cm³/mol. The summed E-state index contributed by atoms with van der Waals surface area (Å²) in [6.07, 6.45) is 0.703. The number of aromatic nitrogens is 1. The van der Waals surface area contributed by atoms with E-state index in [9.17, 15) is 18.3 Å². The number of nitrogens with zero attached hydrogens (tertiary/aromatic N) is 1. The third-order valence-corrected chi connectivity index (χ3v) is 5.18. The van der Waals surface area contributed by atoms with E-state index in [4.69, 9.17) is 4.74 Å². The smallest absolute Gasteiger partial charge is 0.255 e. The van der Waals surface area contributed by atoms with Crippen LogP contribution in [0, 0.1) is 6.92 Å². The summed E-state index contributed by atoms with van der Waals surface area (Å²) in [6, 6.07) is 16.6. The fourth-order valence-electron chi connectivity index (χ4n) is 2.68. The number of rotatable bonds is 6. The maximum atomic E-state index is 12.3. The number of aromatic amines is 1. The van der Waals surface area contributed by atoms with E-state index in [-0.39, 0.29) is 11.3 Å². The summed E-state index contributed by atoms with van der Waals surface area (Å²) >= 11 is 0. The van der Waals surface area contributed by atoms with Crippen LogP contribution in [0.3, 0.4) is 0 Å². The molecule has 2 aromatic carbocycles. The van der Waals surface area contributed by atoms with Gasteiger partial charge < -0.3 is 14.8 Å². The van der Waals surface area contributed by atoms with Crippen LogP contribution < -0.4 is 14.6 Å². The normalized spacial score (nSPS) is 12.4. The third-order valence-electron chi connectivity index (χ3n) is 4.05. The van der Waals surface area contributed by atoms with Crippen molar-refractivity contribution in [3.05, 3.63) is 88.3 Å². The first-order valence-corrected chi connectivity index (χ1v) is 10.3. The monoisotopic (exact) mass is 400 g/mol. The van der Waals surface area contributed by atoms with E-state index in [2.05, 4.69) is 4.98 Å². The van der Waals surface area contributed by atoms with Gasteiger partial charge in [0.05, 0.1) is 17.5 Å². The van der Waals surface area contributed by atoms with Gasteiger partial charge in [0.2, 0.25) is 10.0 Å². The van der Waals surface area contributed by atoms with Gasteiger partial charge in [0, 0.05) is 6.20 Å². The van der Waals surface area contributed by atoms with Gasteiger partial charge in [0.15, 0.2) is 6.23 Å². The van der Waals surface area contributed by atoms with Gasteiger partial charge in [-0.25, -0.2) is 12.7 Å². The van der Waals surface area contributed by atoms with Crippen molar-refractivity contribution in [2.75, 3.05) is 10.6 Å². The molecule has 0 fully saturated rings. The van der Waals surface area contributed by atoms with Gasteiger partial charge in [-0.1, -0.05) is 17.7 Å². The Balaban J connectivity index is 1.90. The lowest BCUT2D eigenvalue weighted by atomic mass is 10.2. The summed E-state index contributed by atoms with van der Waals surface area (Å²) in [5, 5.41) is 10.6. The number of sulfonamides is 1. The molecular formula is C20H20N2O5S. The van der Waals surface area contributed by atoms with E-state index in [1.54, 1.807) is 12.1 Å². The van der Waals surface area contributed by atoms with Crippen molar-refractivity contribution in [3.8, 4) is 11.5 Å². The van der Waals surface area contributed by atoms with Gasteiger partial charge >= 0.3 is 0 Å². The van der Waals surface area contributed by atoms with Crippen molar-refractivity contribution in [2.24, 2.45) is 0 Å². The molecule has 0 saturated carbocycles. The summed E-state index contributed by atoms with van der Waals surface area (Å²) in [6.45, 7) is 1.97. The maximum absolute atomic E-state index is 12.3. The second-order valence-corrected chi connectivity index (χ2v) is 8.16. The highest BCUT2D eigenvalue weighted by Crippen LogP contribution is 2.30. The molecule has 0 amide bonds. The highest BCUT2D eigenvalue weighted by molar-refractivity contribution is 7.92. The Morgan fingerprint density at radius 2 is 1.57 bits per heavy atom. The molecule has 1 aromatic heterocycles. The van der Waals surface area contributed by atoms with Crippen LogP contribution in [0.5, 0.6) is 11.5 Å². The van der Waals surface area contributed by atoms with Crippen LogP contribution in [0.2, 0.25) is 0 Å². The van der Waals surface area contributed by atoms with Crippen molar-refractivity contribution in [3.63, 3.8) is 0 Å². The number of aliphatic hydroxyl groups is 1. The number of aliphatic hydroxyl groups excluding tert-OH is 1. The molecule has 1 unspecified atom stereocenters.